The first-order valence-corrected chi connectivity index (χ1v) is 28.0. The number of nitrogens with two attached hydrogens (primary N) is 2. The standard InChI is InChI=1S/C27H27ClFN5O4S.C27H27ClFN5O3S/c1-17-14-33(16-31-17)24-9-6-19(12-25(24)38-2)26(32-30)22-13-20(28)15-34(27(22)35)23(10-11-39(3,36)37)18-4-7-21(29)8-5-18;1-17-14-33(16-31-17)24-9-6-19(12-25(24)37-2)26(32-30)22-13-20(28)15-34(27(22)35)23(10-11-38(3)36)18-4-7-21(29)8-5-18/h4-9,12-16,23H,10-11,30H2,1-3H3;4-9,12-16,23H,10-11,30H2,1-3H3/b2*32-26+. The highest BCUT2D eigenvalue weighted by molar-refractivity contribution is 7.90. The summed E-state index contributed by atoms with van der Waals surface area (Å²) in [5.41, 5.74) is 5.17. The first-order valence-electron chi connectivity index (χ1n) is 23.5. The van der Waals surface area contributed by atoms with E-state index in [1.165, 1.54) is 77.2 Å². The minimum atomic E-state index is -3.36. The van der Waals surface area contributed by atoms with Crippen molar-refractivity contribution in [2.24, 2.45) is 21.9 Å². The van der Waals surface area contributed by atoms with Crippen LogP contribution in [-0.4, -0.2) is 90.5 Å². The average Bonchev–Trinajstić information content (AvgIpc) is 4.05. The van der Waals surface area contributed by atoms with Gasteiger partial charge in [-0.1, -0.05) is 59.6 Å². The molecular weight excluding hydrogens is 1070 g/mol. The van der Waals surface area contributed by atoms with Crippen LogP contribution in [0.15, 0.2) is 154 Å². The van der Waals surface area contributed by atoms with Crippen molar-refractivity contribution in [1.29, 1.82) is 0 Å². The summed E-state index contributed by atoms with van der Waals surface area (Å²) < 4.78 is 80.7. The van der Waals surface area contributed by atoms with Crippen LogP contribution in [0.5, 0.6) is 11.5 Å². The molecule has 0 saturated carbocycles. The van der Waals surface area contributed by atoms with Crippen molar-refractivity contribution in [2.75, 3.05) is 38.2 Å². The Kier molecular flexibility index (Phi) is 18.5. The molecule has 77 heavy (non-hydrogen) atoms. The van der Waals surface area contributed by atoms with Gasteiger partial charge in [0.25, 0.3) is 11.1 Å². The minimum Gasteiger partial charge on any atom is -0.495 e. The number of pyridine rings is 2. The Hall–Kier alpha value is -7.72. The van der Waals surface area contributed by atoms with Crippen LogP contribution in [0, 0.1) is 25.5 Å². The SMILES string of the molecule is COc1cc(/C(=N\N)c2cc(Cl)cn(C(CCS(C)(=O)=O)c3ccc(F)cc3)c2=O)ccc1-n1cnc(C)c1.COc1cc(/C(=N\N)c2cc(Cl)cn(C(CCS(C)=O)c3ccc(F)cc3)c2=O)ccc1-n1cnc(C)c1. The van der Waals surface area contributed by atoms with Crippen LogP contribution < -0.4 is 32.3 Å². The fourth-order valence-electron chi connectivity index (χ4n) is 8.62. The molecule has 8 aromatic rings. The van der Waals surface area contributed by atoms with Gasteiger partial charge in [0.15, 0.2) is 0 Å². The molecule has 0 aliphatic heterocycles. The second-order valence-corrected chi connectivity index (χ2v) is 22.4. The van der Waals surface area contributed by atoms with Gasteiger partial charge in [-0.05, 0) is 98.5 Å². The van der Waals surface area contributed by atoms with E-state index in [1.807, 2.05) is 36.9 Å². The fourth-order valence-corrected chi connectivity index (χ4v) is 10.3. The van der Waals surface area contributed by atoms with Crippen molar-refractivity contribution < 1.29 is 30.9 Å². The van der Waals surface area contributed by atoms with Gasteiger partial charge in [0.2, 0.25) is 0 Å². The first-order chi connectivity index (χ1) is 36.7. The Balaban J connectivity index is 0.000000224. The molecule has 0 radical (unpaired) electrons. The fraction of sp³-hybridized carbons (Fsp3) is 0.222. The van der Waals surface area contributed by atoms with Crippen LogP contribution >= 0.6 is 23.2 Å². The molecule has 4 aromatic heterocycles. The van der Waals surface area contributed by atoms with Crippen molar-refractivity contribution >= 4 is 55.3 Å². The quantitative estimate of drug-likeness (QED) is 0.0474. The molecule has 0 aliphatic rings. The number of hydrogen-bond acceptors (Lipinski definition) is 13. The third-order valence-electron chi connectivity index (χ3n) is 12.3. The number of hydrogen-bond donors (Lipinski definition) is 2. The van der Waals surface area contributed by atoms with Gasteiger partial charge in [-0.15, -0.1) is 0 Å². The molecule has 4 N–H and O–H groups in total. The number of methoxy groups -OCH3 is 2. The normalized spacial score (nSPS) is 13.1. The van der Waals surface area contributed by atoms with Crippen LogP contribution in [0.4, 0.5) is 8.78 Å². The molecule has 0 aliphatic carbocycles. The van der Waals surface area contributed by atoms with Crippen LogP contribution in [0.25, 0.3) is 11.4 Å². The maximum Gasteiger partial charge on any atom is 0.260 e. The number of halogens is 4. The van der Waals surface area contributed by atoms with Crippen LogP contribution in [0.3, 0.4) is 0 Å². The van der Waals surface area contributed by atoms with E-state index in [4.69, 9.17) is 44.4 Å². The molecule has 0 bridgehead atoms. The van der Waals surface area contributed by atoms with E-state index in [9.17, 15) is 31.0 Å². The van der Waals surface area contributed by atoms with E-state index >= 15 is 0 Å². The van der Waals surface area contributed by atoms with Crippen molar-refractivity contribution in [1.82, 2.24) is 28.2 Å². The van der Waals surface area contributed by atoms with Crippen LogP contribution in [-0.2, 0) is 20.6 Å². The molecule has 23 heteroatoms. The lowest BCUT2D eigenvalue weighted by Gasteiger charge is -2.22. The van der Waals surface area contributed by atoms with Crippen LogP contribution in [0.2, 0.25) is 10.0 Å². The summed E-state index contributed by atoms with van der Waals surface area (Å²) in [5.74, 6) is 11.9. The monoisotopic (exact) mass is 1130 g/mol. The minimum absolute atomic E-state index is 0.0616. The maximum absolute atomic E-state index is 13.8. The zero-order valence-electron chi connectivity index (χ0n) is 42.6. The molecule has 17 nitrogen and oxygen atoms in total. The molecule has 402 valence electrons. The number of rotatable bonds is 18. The number of sulfone groups is 1. The van der Waals surface area contributed by atoms with E-state index in [-0.39, 0.29) is 44.8 Å². The second-order valence-electron chi connectivity index (χ2n) is 17.8. The van der Waals surface area contributed by atoms with Gasteiger partial charge in [-0.25, -0.2) is 27.2 Å². The highest BCUT2D eigenvalue weighted by Gasteiger charge is 2.25. The zero-order chi connectivity index (χ0) is 55.7. The Bertz CT molecular complexity index is 3750. The van der Waals surface area contributed by atoms with Crippen molar-refractivity contribution in [2.45, 2.75) is 38.8 Å². The summed E-state index contributed by atoms with van der Waals surface area (Å²) in [7, 11) is -1.40. The molecule has 4 aromatic carbocycles. The van der Waals surface area contributed by atoms with Gasteiger partial charge >= 0.3 is 0 Å². The van der Waals surface area contributed by atoms with Gasteiger partial charge in [0.05, 0.1) is 88.6 Å². The molecule has 3 unspecified atom stereocenters. The Morgan fingerprint density at radius 2 is 1.06 bits per heavy atom. The highest BCUT2D eigenvalue weighted by atomic mass is 35.5. The molecule has 0 fully saturated rings. The summed E-state index contributed by atoms with van der Waals surface area (Å²) >= 11 is 12.9. The van der Waals surface area contributed by atoms with Crippen molar-refractivity contribution in [3.8, 4) is 22.9 Å². The lowest BCUT2D eigenvalue weighted by molar-refractivity contribution is 0.412. The van der Waals surface area contributed by atoms with Crippen molar-refractivity contribution in [3.63, 3.8) is 0 Å². The molecule has 8 rings (SSSR count). The largest absolute Gasteiger partial charge is 0.495 e. The number of ether oxygens (including phenoxy) is 2. The first kappa shape index (κ1) is 57.0. The van der Waals surface area contributed by atoms with E-state index in [1.54, 1.807) is 73.1 Å². The highest BCUT2D eigenvalue weighted by Crippen LogP contribution is 2.30. The summed E-state index contributed by atoms with van der Waals surface area (Å²) in [6.45, 7) is 3.76. The summed E-state index contributed by atoms with van der Waals surface area (Å²) in [4.78, 5) is 36.2. The topological polar surface area (TPSA) is 226 Å². The molecular formula is C54H54Cl2F2N10O7S2. The number of aryl methyl sites for hydroxylation is 2. The maximum atomic E-state index is 13.8. The predicted molar refractivity (Wildman–Crippen MR) is 298 cm³/mol. The number of nitrogens with zero attached hydrogens (tertiary/aromatic N) is 8. The third-order valence-corrected chi connectivity index (χ3v) is 14.5. The van der Waals surface area contributed by atoms with Gasteiger partial charge in [0.1, 0.15) is 44.4 Å². The molecule has 4 heterocycles. The van der Waals surface area contributed by atoms with Gasteiger partial charge < -0.3 is 39.4 Å². The summed E-state index contributed by atoms with van der Waals surface area (Å²) in [6, 6.07) is 23.6. The Morgan fingerprint density at radius 3 is 1.40 bits per heavy atom. The average molecular weight is 1130 g/mol. The number of hydrazone groups is 2. The van der Waals surface area contributed by atoms with E-state index in [2.05, 4.69) is 20.2 Å². The molecule has 0 spiro atoms. The predicted octanol–water partition coefficient (Wildman–Crippen LogP) is 8.09. The summed E-state index contributed by atoms with van der Waals surface area (Å²) in [6.07, 6.45) is 13.1. The number of aromatic nitrogens is 6. The zero-order valence-corrected chi connectivity index (χ0v) is 45.7. The molecule has 0 amide bonds. The number of benzene rings is 4. The second kappa shape index (κ2) is 25.0. The Labute approximate surface area is 455 Å². The van der Waals surface area contributed by atoms with E-state index < -0.39 is 55.5 Å². The van der Waals surface area contributed by atoms with E-state index in [0.717, 1.165) is 29.0 Å². The lowest BCUT2D eigenvalue weighted by atomic mass is 10.0. The van der Waals surface area contributed by atoms with Gasteiger partial charge in [-0.2, -0.15) is 10.2 Å². The van der Waals surface area contributed by atoms with E-state index in [0.29, 0.717) is 45.9 Å². The molecule has 0 saturated heterocycles. The third kappa shape index (κ3) is 13.8. The Morgan fingerprint density at radius 1 is 0.662 bits per heavy atom. The van der Waals surface area contributed by atoms with Crippen molar-refractivity contribution in [3.05, 3.63) is 222 Å². The van der Waals surface area contributed by atoms with Gasteiger partial charge in [-0.3, -0.25) is 13.8 Å². The number of imidazole rings is 2. The van der Waals surface area contributed by atoms with Crippen LogP contribution in [0.1, 0.15) is 69.7 Å². The smallest absolute Gasteiger partial charge is 0.260 e. The molecule has 3 atom stereocenters. The lowest BCUT2D eigenvalue weighted by Crippen LogP contribution is -2.31. The van der Waals surface area contributed by atoms with Gasteiger partial charge in [0, 0.05) is 65.0 Å². The summed E-state index contributed by atoms with van der Waals surface area (Å²) in [5, 5.41) is 8.33.